The molecule has 3 rings (SSSR count). The number of rotatable bonds is 3. The number of hydrogen-bond donors (Lipinski definition) is 1. The molecule has 21 heavy (non-hydrogen) atoms. The lowest BCUT2D eigenvalue weighted by molar-refractivity contribution is 0.414. The molecule has 3 aromatic rings. The van der Waals surface area contributed by atoms with E-state index in [2.05, 4.69) is 15.5 Å². The van der Waals surface area contributed by atoms with Gasteiger partial charge in [-0.2, -0.15) is 4.68 Å². The second-order valence-electron chi connectivity index (χ2n) is 4.36. The van der Waals surface area contributed by atoms with Gasteiger partial charge in [-0.15, -0.1) is 5.10 Å². The van der Waals surface area contributed by atoms with E-state index in [1.54, 1.807) is 30.0 Å². The molecule has 1 aromatic heterocycles. The number of halogens is 1. The summed E-state index contributed by atoms with van der Waals surface area (Å²) >= 11 is 6.23. The van der Waals surface area contributed by atoms with E-state index >= 15 is 0 Å². The number of ether oxygens (including phenoxy) is 1. The predicted octanol–water partition coefficient (Wildman–Crippen LogP) is 2.57. The third-order valence-corrected chi connectivity index (χ3v) is 3.31. The Morgan fingerprint density at radius 3 is 2.81 bits per heavy atom. The number of nitrogen functional groups attached to an aromatic ring is 1. The first-order chi connectivity index (χ1) is 10.2. The van der Waals surface area contributed by atoms with Crippen LogP contribution in [0, 0.1) is 0 Å². The number of tetrazole rings is 1. The predicted molar refractivity (Wildman–Crippen MR) is 80.6 cm³/mol. The molecule has 0 amide bonds. The van der Waals surface area contributed by atoms with E-state index < -0.39 is 0 Å². The Labute approximate surface area is 126 Å². The minimum atomic E-state index is 0.494. The van der Waals surface area contributed by atoms with Crippen molar-refractivity contribution in [3.63, 3.8) is 0 Å². The summed E-state index contributed by atoms with van der Waals surface area (Å²) in [7, 11) is 1.61. The van der Waals surface area contributed by atoms with Crippen LogP contribution in [0.2, 0.25) is 5.02 Å². The maximum absolute atomic E-state index is 6.23. The molecule has 0 unspecified atom stereocenters. The zero-order valence-electron chi connectivity index (χ0n) is 11.2. The molecule has 0 bridgehead atoms. The lowest BCUT2D eigenvalue weighted by Crippen LogP contribution is -2.00. The van der Waals surface area contributed by atoms with Crippen molar-refractivity contribution in [1.82, 2.24) is 20.2 Å². The molecule has 106 valence electrons. The van der Waals surface area contributed by atoms with E-state index in [4.69, 9.17) is 22.1 Å². The molecule has 0 fully saturated rings. The van der Waals surface area contributed by atoms with E-state index in [0.717, 1.165) is 11.4 Å². The molecule has 0 aliphatic heterocycles. The van der Waals surface area contributed by atoms with Crippen LogP contribution in [0.3, 0.4) is 0 Å². The molecule has 0 radical (unpaired) electrons. The number of methoxy groups -OCH3 is 1. The largest absolute Gasteiger partial charge is 0.497 e. The van der Waals surface area contributed by atoms with E-state index in [0.29, 0.717) is 22.1 Å². The van der Waals surface area contributed by atoms with Crippen molar-refractivity contribution in [2.75, 3.05) is 12.8 Å². The van der Waals surface area contributed by atoms with Gasteiger partial charge in [0.15, 0.2) is 5.82 Å². The summed E-state index contributed by atoms with van der Waals surface area (Å²) in [5.74, 6) is 1.26. The number of hydrogen-bond acceptors (Lipinski definition) is 5. The van der Waals surface area contributed by atoms with Crippen LogP contribution in [0.5, 0.6) is 5.75 Å². The molecule has 0 saturated heterocycles. The first-order valence-electron chi connectivity index (χ1n) is 6.17. The highest BCUT2D eigenvalue weighted by Gasteiger charge is 2.14. The third-order valence-electron chi connectivity index (χ3n) is 3.00. The maximum atomic E-state index is 6.23. The van der Waals surface area contributed by atoms with Gasteiger partial charge in [0.25, 0.3) is 0 Å². The number of benzene rings is 2. The molecule has 2 N–H and O–H groups in total. The molecule has 0 aliphatic carbocycles. The lowest BCUT2D eigenvalue weighted by Gasteiger charge is -2.08. The van der Waals surface area contributed by atoms with Crippen LogP contribution < -0.4 is 10.5 Å². The highest BCUT2D eigenvalue weighted by Crippen LogP contribution is 2.29. The highest BCUT2D eigenvalue weighted by atomic mass is 35.5. The van der Waals surface area contributed by atoms with Crippen LogP contribution >= 0.6 is 11.6 Å². The van der Waals surface area contributed by atoms with Gasteiger partial charge in [0.2, 0.25) is 0 Å². The summed E-state index contributed by atoms with van der Waals surface area (Å²) in [5, 5.41) is 12.3. The van der Waals surface area contributed by atoms with Crippen molar-refractivity contribution >= 4 is 17.3 Å². The fourth-order valence-corrected chi connectivity index (χ4v) is 2.26. The molecule has 0 aliphatic rings. The van der Waals surface area contributed by atoms with E-state index in [-0.39, 0.29) is 0 Å². The zero-order valence-corrected chi connectivity index (χ0v) is 11.9. The van der Waals surface area contributed by atoms with E-state index in [9.17, 15) is 0 Å². The van der Waals surface area contributed by atoms with Gasteiger partial charge in [-0.25, -0.2) is 0 Å². The Bertz CT molecular complexity index is 787. The smallest absolute Gasteiger partial charge is 0.188 e. The zero-order chi connectivity index (χ0) is 14.8. The maximum Gasteiger partial charge on any atom is 0.188 e. The Kier molecular flexibility index (Phi) is 3.45. The van der Waals surface area contributed by atoms with Gasteiger partial charge in [-0.05, 0) is 40.8 Å². The number of aromatic nitrogens is 4. The first-order valence-corrected chi connectivity index (χ1v) is 6.55. The summed E-state index contributed by atoms with van der Waals surface area (Å²) in [6.45, 7) is 0. The van der Waals surface area contributed by atoms with Crippen LogP contribution in [0.15, 0.2) is 42.5 Å². The third kappa shape index (κ3) is 2.53. The molecular weight excluding hydrogens is 290 g/mol. The number of nitrogens with two attached hydrogens (primary N) is 1. The first kappa shape index (κ1) is 13.4. The number of nitrogens with zero attached hydrogens (tertiary/aromatic N) is 4. The number of anilines is 1. The van der Waals surface area contributed by atoms with Crippen molar-refractivity contribution in [3.8, 4) is 22.8 Å². The molecule has 0 saturated carbocycles. The van der Waals surface area contributed by atoms with Gasteiger partial charge < -0.3 is 10.5 Å². The van der Waals surface area contributed by atoms with Gasteiger partial charge in [0, 0.05) is 17.3 Å². The van der Waals surface area contributed by atoms with Crippen molar-refractivity contribution < 1.29 is 4.74 Å². The standard InChI is InChI=1S/C14H12ClN5O/c1-21-11-4-2-3-10(8-11)20-14(17-18-19-20)12-6-5-9(16)7-13(12)15/h2-8H,16H2,1H3. The molecular formula is C14H12ClN5O. The van der Waals surface area contributed by atoms with Crippen LogP contribution in [0.1, 0.15) is 0 Å². The molecule has 7 heteroatoms. The van der Waals surface area contributed by atoms with E-state index in [1.165, 1.54) is 0 Å². The summed E-state index contributed by atoms with van der Waals surface area (Å²) in [5.41, 5.74) is 7.78. The Hall–Kier alpha value is -2.60. The fraction of sp³-hybridized carbons (Fsp3) is 0.0714. The SMILES string of the molecule is COc1cccc(-n2nnnc2-c2ccc(N)cc2Cl)c1. The monoisotopic (exact) mass is 301 g/mol. The highest BCUT2D eigenvalue weighted by molar-refractivity contribution is 6.33. The minimum absolute atomic E-state index is 0.494. The second-order valence-corrected chi connectivity index (χ2v) is 4.76. The quantitative estimate of drug-likeness (QED) is 0.752. The fourth-order valence-electron chi connectivity index (χ4n) is 1.98. The van der Waals surface area contributed by atoms with E-state index in [1.807, 2.05) is 24.3 Å². The molecule has 0 spiro atoms. The van der Waals surface area contributed by atoms with Crippen molar-refractivity contribution in [2.24, 2.45) is 0 Å². The molecule has 2 aromatic carbocycles. The summed E-state index contributed by atoms with van der Waals surface area (Å²) < 4.78 is 6.81. The lowest BCUT2D eigenvalue weighted by atomic mass is 10.2. The van der Waals surface area contributed by atoms with Gasteiger partial charge >= 0.3 is 0 Å². The van der Waals surface area contributed by atoms with Crippen molar-refractivity contribution in [2.45, 2.75) is 0 Å². The summed E-state index contributed by atoms with van der Waals surface area (Å²) in [4.78, 5) is 0. The van der Waals surface area contributed by atoms with Crippen LogP contribution in [-0.2, 0) is 0 Å². The van der Waals surface area contributed by atoms with Crippen LogP contribution in [0.4, 0.5) is 5.69 Å². The van der Waals surface area contributed by atoms with Crippen LogP contribution in [0.25, 0.3) is 17.1 Å². The summed E-state index contributed by atoms with van der Waals surface area (Å²) in [6.07, 6.45) is 0. The normalized spacial score (nSPS) is 10.6. The molecule has 6 nitrogen and oxygen atoms in total. The van der Waals surface area contributed by atoms with Crippen molar-refractivity contribution in [3.05, 3.63) is 47.5 Å². The Morgan fingerprint density at radius 1 is 1.19 bits per heavy atom. The second kappa shape index (κ2) is 5.41. The Balaban J connectivity index is 2.12. The van der Waals surface area contributed by atoms with Gasteiger partial charge in [-0.1, -0.05) is 17.7 Å². The average Bonchev–Trinajstić information content (AvgIpc) is 2.96. The minimum Gasteiger partial charge on any atom is -0.497 e. The van der Waals surface area contributed by atoms with Crippen molar-refractivity contribution in [1.29, 1.82) is 0 Å². The van der Waals surface area contributed by atoms with Gasteiger partial charge in [0.1, 0.15) is 5.75 Å². The average molecular weight is 302 g/mol. The topological polar surface area (TPSA) is 78.8 Å². The van der Waals surface area contributed by atoms with Gasteiger partial charge in [0.05, 0.1) is 17.8 Å². The summed E-state index contributed by atoms with van der Waals surface area (Å²) in [6, 6.07) is 12.7. The Morgan fingerprint density at radius 2 is 2.05 bits per heavy atom. The molecule has 1 heterocycles. The van der Waals surface area contributed by atoms with Gasteiger partial charge in [-0.3, -0.25) is 0 Å². The van der Waals surface area contributed by atoms with Crippen LogP contribution in [-0.4, -0.2) is 27.3 Å². The molecule has 0 atom stereocenters.